The van der Waals surface area contributed by atoms with Crippen LogP contribution in [0, 0.1) is 5.41 Å². The highest BCUT2D eigenvalue weighted by Crippen LogP contribution is 2.23. The molecule has 0 radical (unpaired) electrons. The van der Waals surface area contributed by atoms with Crippen LogP contribution in [-0.2, 0) is 101 Å². The molecule has 120 heavy (non-hydrogen) atoms. The largest absolute Gasteiger partial charge is 0.394 e. The maximum Gasteiger partial charge on any atom is 0.245 e. The molecule has 2 aliphatic heterocycles. The molecule has 15 amide bonds. The molecule has 2 aromatic heterocycles. The Labute approximate surface area is 690 Å². The van der Waals surface area contributed by atoms with Crippen LogP contribution in [-0.4, -0.2) is 264 Å². The van der Waals surface area contributed by atoms with Crippen LogP contribution in [0.1, 0.15) is 120 Å². The smallest absolute Gasteiger partial charge is 0.245 e. The van der Waals surface area contributed by atoms with Crippen molar-refractivity contribution >= 4 is 115 Å². The van der Waals surface area contributed by atoms with Gasteiger partial charge in [-0.3, -0.25) is 88.2 Å². The number of aliphatic hydroxyl groups excluding tert-OH is 2. The number of hydrogen-bond donors (Lipinski definition) is 25. The first-order valence-corrected chi connectivity index (χ1v) is 40.8. The number of sulfonamides is 1. The zero-order valence-corrected chi connectivity index (χ0v) is 67.4. The molecule has 2 aromatic carbocycles. The van der Waals surface area contributed by atoms with Crippen LogP contribution >= 0.6 is 0 Å². The minimum absolute atomic E-state index is 0.0200. The summed E-state index contributed by atoms with van der Waals surface area (Å²) in [6.07, 6.45) is 0.00891. The van der Waals surface area contributed by atoms with E-state index in [1.165, 1.54) is 19.6 Å². The van der Waals surface area contributed by atoms with E-state index in [-0.39, 0.29) is 102 Å². The molecule has 0 unspecified atom stereocenters. The second kappa shape index (κ2) is 49.7. The lowest BCUT2D eigenvalue weighted by molar-refractivity contribution is -0.143. The van der Waals surface area contributed by atoms with Gasteiger partial charge in [0, 0.05) is 101 Å². The Morgan fingerprint density at radius 3 is 2.03 bits per heavy atom. The highest BCUT2D eigenvalue weighted by molar-refractivity contribution is 7.89. The number of fused-ring (bicyclic) bond motifs is 2. The molecule has 0 aliphatic carbocycles. The van der Waals surface area contributed by atoms with Gasteiger partial charge in [0.15, 0.2) is 5.96 Å². The van der Waals surface area contributed by atoms with E-state index in [1.807, 2.05) is 6.07 Å². The predicted molar refractivity (Wildman–Crippen MR) is 429 cm³/mol. The van der Waals surface area contributed by atoms with Crippen LogP contribution in [0.5, 0.6) is 0 Å². The summed E-state index contributed by atoms with van der Waals surface area (Å²) in [6, 6.07) is -1.92. The van der Waals surface area contributed by atoms with Crippen LogP contribution in [0.25, 0.3) is 10.9 Å². The van der Waals surface area contributed by atoms with Gasteiger partial charge in [0.25, 0.3) is 0 Å². The molecule has 47 heteroatoms. The number of carbonyl (C=O) groups excluding carboxylic acids is 15. The van der Waals surface area contributed by atoms with E-state index in [2.05, 4.69) is 110 Å². The molecule has 658 valence electrons. The summed E-state index contributed by atoms with van der Waals surface area (Å²) in [6.45, 7) is -1.52. The van der Waals surface area contributed by atoms with Crippen molar-refractivity contribution in [2.24, 2.45) is 33.4 Å². The first kappa shape index (κ1) is 96.3. The molecule has 2 aliphatic rings. The topological polar surface area (TPSA) is 723 Å². The fraction of sp³-hybridized carbons (Fsp3) is 0.548. The number of primary amides is 2. The molecule has 46 nitrogen and oxygen atoms in total. The van der Waals surface area contributed by atoms with Gasteiger partial charge in [-0.2, -0.15) is 4.72 Å². The van der Waals surface area contributed by atoms with Gasteiger partial charge >= 0.3 is 0 Å². The zero-order valence-electron chi connectivity index (χ0n) is 66.6. The fourth-order valence-electron chi connectivity index (χ4n) is 12.9. The Morgan fingerprint density at radius 2 is 1.35 bits per heavy atom. The average molecular weight is 1700 g/mol. The van der Waals surface area contributed by atoms with Gasteiger partial charge in [-0.15, -0.1) is 0 Å². The first-order chi connectivity index (χ1) is 57.3. The summed E-state index contributed by atoms with van der Waals surface area (Å²) in [4.78, 5) is 222. The number of guanidine groups is 1. The third-order valence-corrected chi connectivity index (χ3v) is 20.7. The van der Waals surface area contributed by atoms with Crippen molar-refractivity contribution in [3.05, 3.63) is 90.1 Å². The van der Waals surface area contributed by atoms with Crippen LogP contribution < -0.4 is 108 Å². The quantitative estimate of drug-likeness (QED) is 0.00490. The maximum absolute atomic E-state index is 15.3. The number of imidazole rings is 1. The Balaban J connectivity index is 1.22. The third-order valence-electron chi connectivity index (χ3n) is 19.3. The predicted octanol–water partition coefficient (Wildman–Crippen LogP) is -8.17. The van der Waals surface area contributed by atoms with Crippen molar-refractivity contribution in [3.63, 3.8) is 0 Å². The van der Waals surface area contributed by atoms with E-state index in [1.54, 1.807) is 61.7 Å². The Bertz CT molecular complexity index is 4310. The minimum Gasteiger partial charge on any atom is -0.394 e. The zero-order chi connectivity index (χ0) is 87.8. The number of unbranched alkanes of at least 4 members (excludes halogenated alkanes) is 1. The highest BCUT2D eigenvalue weighted by atomic mass is 32.2. The number of rotatable bonds is 41. The number of benzene rings is 2. The highest BCUT2D eigenvalue weighted by Gasteiger charge is 2.44. The maximum atomic E-state index is 15.3. The molecule has 0 saturated carbocycles. The monoisotopic (exact) mass is 1700 g/mol. The number of carbonyl (C=O) groups is 15. The number of aromatic amines is 2. The molecule has 2 saturated heterocycles. The van der Waals surface area contributed by atoms with Crippen molar-refractivity contribution < 1.29 is 90.5 Å². The summed E-state index contributed by atoms with van der Waals surface area (Å²) in [5, 5.41) is 69.9. The van der Waals surface area contributed by atoms with Gasteiger partial charge in [0.05, 0.1) is 43.7 Å². The standard InChI is InChI=1S/C73H111N27O19S/c1-3-4-17-48(91-69(114)55(33-74)97-68(113)54(31-43-35-80-39-85-43)95-65(110)50(22-24-58(75)103)92-70(115)56(38-101)88-61(106)36-84-59(104)21-13-28-120(118,119)87-40-86-99-98-79-2)63(108)93-51-23-25-60(105)81-26-11-10-19-47(62(76)107)89-67(112)53(30-42-34-83-46-18-9-8-16-45(42)46)94-64(109)49(20-12-27-82-73(77)78)90-66(111)52(29-41-14-6-5-7-15-41)96-71(116)57-32-44(102)37-100(57)72(51)117/h5-9,14-16,18,34-35,39,44,47-57,83,87,101-102H,3-4,10-13,17,19-33,36-38,40,74H2,1-2H3,(H2,75,103)(H2,76,107)(H,79,99)(H,80,85)(H,81,105)(H,84,104)(H,86,98)(H,88,106)(H,89,112)(H,90,111)(H,91,114)(H,92,115)(H,93,108)(H,94,109)(H,95,110)(H,96,116)(H,97,113)(H4,77,78,82)/t44-,47+,48+,49+,50+,51+,52-,53+,54+,55+,56+,57+/m1/s1. The number of amides is 15. The number of nitrogens with one attached hydrogen (secondary N) is 19. The average Bonchev–Trinajstić information content (AvgIpc) is 1.66. The van der Waals surface area contributed by atoms with E-state index < -0.39 is 242 Å². The second-order valence-electron chi connectivity index (χ2n) is 28.5. The fourth-order valence-corrected chi connectivity index (χ4v) is 13.9. The number of hydrogen-bond acceptors (Lipinski definition) is 24. The summed E-state index contributed by atoms with van der Waals surface area (Å²) in [7, 11) is -2.39. The summed E-state index contributed by atoms with van der Waals surface area (Å²) >= 11 is 0. The SMILES string of the molecule is CCCC[C@H](NC(=O)[C@H](CN)NC(=O)[C@H](Cc1c[nH]cn1)NC(=O)[C@H](CCC(N)=O)NC(=O)[C@H](CO)NC(=O)CNC(=O)CCCS(=O)(=O)NCN/N=N\NC)C(=O)N[C@H]1CCC(=O)NCCCC[C@@H](C(N)=O)NC(=O)[C@H](Cc2c[nH]c3ccccc23)NC(=O)[C@H](CCCNC(=N)N)NC(=O)[C@@H](Cc2ccccc2)NC(=O)[C@@H]2C[C@@H](O)CN2C1=O. The van der Waals surface area contributed by atoms with Crippen LogP contribution in [0.3, 0.4) is 0 Å². The number of aliphatic hydroxyl groups is 2. The molecule has 4 aromatic rings. The number of H-pyrrole nitrogens is 2. The summed E-state index contributed by atoms with van der Waals surface area (Å²) in [5.74, 6) is -15.3. The van der Waals surface area contributed by atoms with E-state index >= 15 is 4.79 Å². The van der Waals surface area contributed by atoms with E-state index in [9.17, 15) is 85.8 Å². The molecule has 2 fully saturated rings. The normalized spacial score (nSPS) is 19.9. The lowest BCUT2D eigenvalue weighted by Gasteiger charge is -2.31. The molecule has 29 N–H and O–H groups in total. The molecule has 6 rings (SSSR count). The number of nitrogens with two attached hydrogens (primary N) is 4. The van der Waals surface area contributed by atoms with Gasteiger partial charge < -0.3 is 117 Å². The number of para-hydroxylation sites is 1. The van der Waals surface area contributed by atoms with Gasteiger partial charge in [0.2, 0.25) is 98.6 Å². The van der Waals surface area contributed by atoms with Crippen LogP contribution in [0.2, 0.25) is 0 Å². The summed E-state index contributed by atoms with van der Waals surface area (Å²) in [5.41, 5.74) is 29.7. The molecular formula is C73H111N27O19S. The van der Waals surface area contributed by atoms with Gasteiger partial charge in [-0.1, -0.05) is 78.7 Å². The van der Waals surface area contributed by atoms with Crippen molar-refractivity contribution in [2.45, 2.75) is 195 Å². The van der Waals surface area contributed by atoms with E-state index in [0.717, 1.165) is 4.90 Å². The first-order valence-electron chi connectivity index (χ1n) is 39.2. The molecule has 12 atom stereocenters. The van der Waals surface area contributed by atoms with Gasteiger partial charge in [-0.05, 0) is 75.0 Å². The number of aromatic nitrogens is 3. The molecule has 0 bridgehead atoms. The molecule has 4 heterocycles. The van der Waals surface area contributed by atoms with Crippen molar-refractivity contribution in [3.8, 4) is 0 Å². The van der Waals surface area contributed by atoms with E-state index in [4.69, 9.17) is 28.3 Å². The molecular weight excluding hydrogens is 1590 g/mol. The lowest BCUT2D eigenvalue weighted by Crippen LogP contribution is -2.62. The lowest BCUT2D eigenvalue weighted by atomic mass is 10.0. The van der Waals surface area contributed by atoms with Crippen LogP contribution in [0.15, 0.2) is 83.8 Å². The molecule has 0 spiro atoms. The van der Waals surface area contributed by atoms with Crippen molar-refractivity contribution in [2.75, 3.05) is 58.8 Å². The van der Waals surface area contributed by atoms with Crippen molar-refractivity contribution in [1.29, 1.82) is 5.41 Å². The Morgan fingerprint density at radius 1 is 0.700 bits per heavy atom. The Kier molecular flexibility index (Phi) is 39.9. The van der Waals surface area contributed by atoms with Crippen molar-refractivity contribution in [1.82, 2.24) is 105 Å². The number of nitrogens with zero attached hydrogens (tertiary/aromatic N) is 4. The third kappa shape index (κ3) is 32.8. The van der Waals surface area contributed by atoms with E-state index in [0.29, 0.717) is 28.5 Å². The minimum atomic E-state index is -3.86. The van der Waals surface area contributed by atoms with Crippen LogP contribution in [0.4, 0.5) is 0 Å². The van der Waals surface area contributed by atoms with Gasteiger partial charge in [-0.25, -0.2) is 13.4 Å². The summed E-state index contributed by atoms with van der Waals surface area (Å²) < 4.78 is 26.7. The Hall–Kier alpha value is -12.5. The van der Waals surface area contributed by atoms with Gasteiger partial charge in [0.1, 0.15) is 66.5 Å². The second-order valence-corrected chi connectivity index (χ2v) is 30.4.